The van der Waals surface area contributed by atoms with Crippen LogP contribution in [0, 0.1) is 12.8 Å². The molecule has 7 heteroatoms. The minimum absolute atomic E-state index is 0.0185. The van der Waals surface area contributed by atoms with Gasteiger partial charge in [-0.2, -0.15) is 5.10 Å². The van der Waals surface area contributed by atoms with Crippen molar-refractivity contribution >= 4 is 17.6 Å². The second-order valence-corrected chi connectivity index (χ2v) is 8.40. The van der Waals surface area contributed by atoms with Gasteiger partial charge in [0.05, 0.1) is 11.7 Å². The van der Waals surface area contributed by atoms with Crippen molar-refractivity contribution in [2.75, 3.05) is 25.0 Å². The smallest absolute Gasteiger partial charge is 0.260 e. The average molecular weight is 411 g/mol. The molecular weight excluding hydrogens is 380 g/mol. The number of likely N-dealkylation sites (tertiary alicyclic amines) is 1. The summed E-state index contributed by atoms with van der Waals surface area (Å²) in [5.41, 5.74) is 1.43. The summed E-state index contributed by atoms with van der Waals surface area (Å²) in [5.74, 6) is 1.79. The van der Waals surface area contributed by atoms with Gasteiger partial charge in [-0.15, -0.1) is 0 Å². The Balaban J connectivity index is 1.34. The molecule has 1 aromatic carbocycles. The summed E-state index contributed by atoms with van der Waals surface area (Å²) in [6, 6.07) is 9.08. The maximum absolute atomic E-state index is 12.7. The van der Waals surface area contributed by atoms with Gasteiger partial charge in [-0.3, -0.25) is 9.59 Å². The highest BCUT2D eigenvalue weighted by Gasteiger charge is 2.31. The minimum atomic E-state index is -0.185. The predicted molar refractivity (Wildman–Crippen MR) is 115 cm³/mol. The Morgan fingerprint density at radius 3 is 2.53 bits per heavy atom. The van der Waals surface area contributed by atoms with Gasteiger partial charge in [-0.05, 0) is 76.1 Å². The van der Waals surface area contributed by atoms with E-state index in [2.05, 4.69) is 17.3 Å². The van der Waals surface area contributed by atoms with Gasteiger partial charge < -0.3 is 15.0 Å². The van der Waals surface area contributed by atoms with E-state index in [1.54, 1.807) is 24.3 Å². The summed E-state index contributed by atoms with van der Waals surface area (Å²) in [6.45, 7) is 5.75. The number of aryl methyl sites for hydroxylation is 1. The number of carbonyl (C=O) groups is 2. The fourth-order valence-electron chi connectivity index (χ4n) is 3.97. The molecule has 2 fully saturated rings. The summed E-state index contributed by atoms with van der Waals surface area (Å²) in [7, 11) is 0. The highest BCUT2D eigenvalue weighted by molar-refractivity contribution is 6.03. The zero-order chi connectivity index (χ0) is 21.1. The Kier molecular flexibility index (Phi) is 6.06. The number of amides is 2. The summed E-state index contributed by atoms with van der Waals surface area (Å²) in [6.07, 6.45) is 5.75. The van der Waals surface area contributed by atoms with Crippen molar-refractivity contribution in [3.8, 4) is 5.75 Å². The summed E-state index contributed by atoms with van der Waals surface area (Å²) in [4.78, 5) is 26.8. The van der Waals surface area contributed by atoms with Crippen LogP contribution < -0.4 is 10.1 Å². The van der Waals surface area contributed by atoms with E-state index >= 15 is 0 Å². The van der Waals surface area contributed by atoms with Crippen LogP contribution in [0.5, 0.6) is 5.75 Å². The molecule has 1 aromatic heterocycles. The lowest BCUT2D eigenvalue weighted by molar-refractivity contribution is -0.134. The normalized spacial score (nSPS) is 17.5. The number of piperidine rings is 1. The Hall–Kier alpha value is -2.83. The first kappa shape index (κ1) is 20.4. The molecule has 1 unspecified atom stereocenters. The van der Waals surface area contributed by atoms with E-state index in [0.29, 0.717) is 17.2 Å². The highest BCUT2D eigenvalue weighted by Crippen LogP contribution is 2.40. The molecule has 4 rings (SSSR count). The largest absolute Gasteiger partial charge is 0.484 e. The first-order valence-electron chi connectivity index (χ1n) is 10.9. The molecule has 0 radical (unpaired) electrons. The van der Waals surface area contributed by atoms with Gasteiger partial charge >= 0.3 is 0 Å². The zero-order valence-electron chi connectivity index (χ0n) is 17.8. The molecule has 0 bridgehead atoms. The summed E-state index contributed by atoms with van der Waals surface area (Å²) in [5, 5.41) is 7.54. The molecule has 0 spiro atoms. The van der Waals surface area contributed by atoms with Gasteiger partial charge in [0.25, 0.3) is 11.8 Å². The number of nitrogens with zero attached hydrogens (tertiary/aromatic N) is 3. The van der Waals surface area contributed by atoms with Crippen molar-refractivity contribution in [2.24, 2.45) is 5.92 Å². The van der Waals surface area contributed by atoms with Crippen LogP contribution in [0.4, 0.5) is 5.82 Å². The molecule has 2 heterocycles. The van der Waals surface area contributed by atoms with E-state index in [0.717, 1.165) is 37.4 Å². The van der Waals surface area contributed by atoms with Gasteiger partial charge in [0.1, 0.15) is 11.6 Å². The lowest BCUT2D eigenvalue weighted by Crippen LogP contribution is -2.38. The fourth-order valence-corrected chi connectivity index (χ4v) is 3.97. The topological polar surface area (TPSA) is 76.5 Å². The number of aromatic nitrogens is 2. The van der Waals surface area contributed by atoms with Crippen LogP contribution in [0.1, 0.15) is 61.1 Å². The predicted octanol–water partition coefficient (Wildman–Crippen LogP) is 3.81. The number of hydrogen-bond donors (Lipinski definition) is 1. The van der Waals surface area contributed by atoms with Gasteiger partial charge in [-0.25, -0.2) is 4.68 Å². The third kappa shape index (κ3) is 4.83. The number of hydrogen-bond acceptors (Lipinski definition) is 4. The van der Waals surface area contributed by atoms with E-state index in [9.17, 15) is 9.59 Å². The zero-order valence-corrected chi connectivity index (χ0v) is 17.8. The maximum Gasteiger partial charge on any atom is 0.260 e. The van der Waals surface area contributed by atoms with Crippen LogP contribution in [0.15, 0.2) is 30.3 Å². The fraction of sp³-hybridized carbons (Fsp3) is 0.522. The van der Waals surface area contributed by atoms with E-state index < -0.39 is 0 Å². The Morgan fingerprint density at radius 2 is 1.87 bits per heavy atom. The standard InChI is InChI=1S/C23H30N4O3/c1-16-14-21(27(25-16)17(2)18-6-7-18)24-23(29)19-8-10-20(11-9-19)30-15-22(28)26-12-4-3-5-13-26/h8-11,14,17-18H,3-7,12-13,15H2,1-2H3,(H,24,29). The molecule has 30 heavy (non-hydrogen) atoms. The van der Waals surface area contributed by atoms with Crippen LogP contribution in [-0.4, -0.2) is 46.2 Å². The monoisotopic (exact) mass is 410 g/mol. The second kappa shape index (κ2) is 8.90. The van der Waals surface area contributed by atoms with E-state index in [1.807, 2.05) is 22.6 Å². The molecule has 1 aliphatic carbocycles. The van der Waals surface area contributed by atoms with E-state index in [-0.39, 0.29) is 24.5 Å². The van der Waals surface area contributed by atoms with E-state index in [1.165, 1.54) is 19.3 Å². The summed E-state index contributed by atoms with van der Waals surface area (Å²) < 4.78 is 7.55. The van der Waals surface area contributed by atoms with Crippen LogP contribution in [0.2, 0.25) is 0 Å². The number of carbonyl (C=O) groups excluding carboxylic acids is 2. The lowest BCUT2D eigenvalue weighted by Gasteiger charge is -2.26. The first-order valence-corrected chi connectivity index (χ1v) is 10.9. The molecule has 2 aromatic rings. The Morgan fingerprint density at radius 1 is 1.17 bits per heavy atom. The van der Waals surface area contributed by atoms with Crippen LogP contribution >= 0.6 is 0 Å². The van der Waals surface area contributed by atoms with Crippen LogP contribution in [-0.2, 0) is 4.79 Å². The van der Waals surface area contributed by atoms with Crippen LogP contribution in [0.3, 0.4) is 0 Å². The Bertz CT molecular complexity index is 896. The molecule has 1 aliphatic heterocycles. The van der Waals surface area contributed by atoms with Gasteiger partial charge in [0.15, 0.2) is 6.61 Å². The highest BCUT2D eigenvalue weighted by atomic mass is 16.5. The van der Waals surface area contributed by atoms with Crippen molar-refractivity contribution < 1.29 is 14.3 Å². The minimum Gasteiger partial charge on any atom is -0.484 e. The maximum atomic E-state index is 12.7. The van der Waals surface area contributed by atoms with Crippen molar-refractivity contribution in [2.45, 2.75) is 52.0 Å². The van der Waals surface area contributed by atoms with Crippen LogP contribution in [0.25, 0.3) is 0 Å². The quantitative estimate of drug-likeness (QED) is 0.753. The first-order chi connectivity index (χ1) is 14.5. The molecule has 1 saturated heterocycles. The molecule has 1 N–H and O–H groups in total. The van der Waals surface area contributed by atoms with Crippen molar-refractivity contribution in [3.63, 3.8) is 0 Å². The molecule has 160 valence electrons. The number of rotatable bonds is 7. The average Bonchev–Trinajstić information content (AvgIpc) is 3.55. The van der Waals surface area contributed by atoms with Gasteiger partial charge in [0.2, 0.25) is 0 Å². The molecule has 2 amide bonds. The third-order valence-corrected chi connectivity index (χ3v) is 5.98. The molecule has 1 atom stereocenters. The third-order valence-electron chi connectivity index (χ3n) is 5.98. The Labute approximate surface area is 177 Å². The van der Waals surface area contributed by atoms with E-state index in [4.69, 9.17) is 4.74 Å². The molecule has 1 saturated carbocycles. The number of benzene rings is 1. The number of ether oxygens (including phenoxy) is 1. The van der Waals surface area contributed by atoms with Crippen molar-refractivity contribution in [3.05, 3.63) is 41.6 Å². The summed E-state index contributed by atoms with van der Waals surface area (Å²) >= 11 is 0. The van der Waals surface area contributed by atoms with Gasteiger partial charge in [0, 0.05) is 24.7 Å². The SMILES string of the molecule is Cc1cc(NC(=O)c2ccc(OCC(=O)N3CCCCC3)cc2)n(C(C)C2CC2)n1. The van der Waals surface area contributed by atoms with Crippen molar-refractivity contribution in [1.29, 1.82) is 0 Å². The number of nitrogens with one attached hydrogen (secondary N) is 1. The number of anilines is 1. The molecule has 7 nitrogen and oxygen atoms in total. The van der Waals surface area contributed by atoms with Gasteiger partial charge in [-0.1, -0.05) is 0 Å². The molecular formula is C23H30N4O3. The second-order valence-electron chi connectivity index (χ2n) is 8.40. The molecule has 2 aliphatic rings. The lowest BCUT2D eigenvalue weighted by atomic mass is 10.1. The van der Waals surface area contributed by atoms with Crippen molar-refractivity contribution in [1.82, 2.24) is 14.7 Å².